The molecule has 5 rings (SSSR count). The first-order chi connectivity index (χ1) is 23.0. The van der Waals surface area contributed by atoms with Gasteiger partial charge in [-0.1, -0.05) is 109 Å². The van der Waals surface area contributed by atoms with Gasteiger partial charge >= 0.3 is 0 Å². The fourth-order valence-corrected chi connectivity index (χ4v) is 8.13. The highest BCUT2D eigenvalue weighted by Gasteiger charge is 2.36. The Morgan fingerprint density at radius 2 is 1.52 bits per heavy atom. The minimum absolute atomic E-state index is 0.00509. The van der Waals surface area contributed by atoms with E-state index in [9.17, 15) is 18.0 Å². The van der Waals surface area contributed by atoms with Gasteiger partial charge in [-0.3, -0.25) is 13.9 Å². The van der Waals surface area contributed by atoms with Crippen LogP contribution in [0.25, 0.3) is 0 Å². The number of anilines is 1. The van der Waals surface area contributed by atoms with E-state index in [0.717, 1.165) is 53.1 Å². The molecule has 0 bridgehead atoms. The molecule has 2 amide bonds. The van der Waals surface area contributed by atoms with E-state index in [1.807, 2.05) is 50.2 Å². The number of nitrogens with zero attached hydrogens (tertiary/aromatic N) is 2. The summed E-state index contributed by atoms with van der Waals surface area (Å²) < 4.78 is 29.8. The number of rotatable bonds is 12. The standard InChI is InChI=1S/C38H41Cl2N3O4S/c1-27-13-12-20-35(28(27)2)43(48(46,47)33-18-10-5-11-19-33)26-37(44)42(25-30-21-22-31(39)24-34(30)40)36(23-29-14-6-3-7-15-29)38(45)41-32-16-8-4-9-17-32/h3,5-7,10-15,18-22,24,32,36H,4,8-9,16-17,23,25-26H2,1-2H3,(H,41,45)/t36-/m1/s1. The van der Waals surface area contributed by atoms with Gasteiger partial charge in [0.25, 0.3) is 10.0 Å². The Balaban J connectivity index is 1.60. The van der Waals surface area contributed by atoms with E-state index in [2.05, 4.69) is 5.32 Å². The van der Waals surface area contributed by atoms with Crippen molar-refractivity contribution in [2.75, 3.05) is 10.8 Å². The van der Waals surface area contributed by atoms with Crippen molar-refractivity contribution in [3.05, 3.63) is 129 Å². The minimum Gasteiger partial charge on any atom is -0.352 e. The van der Waals surface area contributed by atoms with Crippen molar-refractivity contribution in [3.63, 3.8) is 0 Å². The third kappa shape index (κ3) is 8.59. The number of nitrogens with one attached hydrogen (secondary N) is 1. The van der Waals surface area contributed by atoms with Crippen LogP contribution in [0.4, 0.5) is 5.69 Å². The highest BCUT2D eigenvalue weighted by molar-refractivity contribution is 7.92. The molecule has 252 valence electrons. The molecule has 1 N–H and O–H groups in total. The predicted octanol–water partition coefficient (Wildman–Crippen LogP) is 7.89. The quantitative estimate of drug-likeness (QED) is 0.162. The van der Waals surface area contributed by atoms with Crippen molar-refractivity contribution in [3.8, 4) is 0 Å². The fraction of sp³-hybridized carbons (Fsp3) is 0.316. The maximum atomic E-state index is 14.8. The summed E-state index contributed by atoms with van der Waals surface area (Å²) in [5.41, 5.74) is 3.45. The van der Waals surface area contributed by atoms with Crippen LogP contribution >= 0.6 is 23.2 Å². The van der Waals surface area contributed by atoms with Crippen LogP contribution in [0.3, 0.4) is 0 Å². The van der Waals surface area contributed by atoms with Crippen molar-refractivity contribution in [2.45, 2.75) is 75.9 Å². The molecule has 4 aromatic rings. The molecule has 1 aliphatic rings. The lowest BCUT2D eigenvalue weighted by atomic mass is 9.94. The Kier molecular flexibility index (Phi) is 11.8. The average molecular weight is 707 g/mol. The van der Waals surface area contributed by atoms with Crippen molar-refractivity contribution in [2.24, 2.45) is 0 Å². The van der Waals surface area contributed by atoms with Gasteiger partial charge in [0.15, 0.2) is 0 Å². The largest absolute Gasteiger partial charge is 0.352 e. The second-order valence-corrected chi connectivity index (χ2v) is 15.1. The van der Waals surface area contributed by atoms with Crippen LogP contribution in [0, 0.1) is 13.8 Å². The summed E-state index contributed by atoms with van der Waals surface area (Å²) in [6.07, 6.45) is 5.15. The van der Waals surface area contributed by atoms with Crippen LogP contribution in [0.2, 0.25) is 10.0 Å². The second kappa shape index (κ2) is 16.0. The van der Waals surface area contributed by atoms with Crippen LogP contribution in [0.5, 0.6) is 0 Å². The smallest absolute Gasteiger partial charge is 0.264 e. The Bertz CT molecular complexity index is 1830. The monoisotopic (exact) mass is 705 g/mol. The molecular weight excluding hydrogens is 665 g/mol. The van der Waals surface area contributed by atoms with Crippen LogP contribution in [0.1, 0.15) is 54.4 Å². The van der Waals surface area contributed by atoms with E-state index in [4.69, 9.17) is 23.2 Å². The molecule has 0 saturated heterocycles. The van der Waals surface area contributed by atoms with Gasteiger partial charge in [0.05, 0.1) is 10.6 Å². The van der Waals surface area contributed by atoms with Crippen LogP contribution in [0.15, 0.2) is 102 Å². The number of aryl methyl sites for hydroxylation is 1. The number of halogens is 2. The van der Waals surface area contributed by atoms with Gasteiger partial charge in [0.2, 0.25) is 11.8 Å². The molecule has 0 radical (unpaired) electrons. The van der Waals surface area contributed by atoms with E-state index < -0.39 is 28.5 Å². The third-order valence-corrected chi connectivity index (χ3v) is 11.4. The summed E-state index contributed by atoms with van der Waals surface area (Å²) in [5, 5.41) is 4.00. The molecule has 1 fully saturated rings. The first-order valence-corrected chi connectivity index (χ1v) is 18.5. The number of hydrogen-bond acceptors (Lipinski definition) is 4. The lowest BCUT2D eigenvalue weighted by Crippen LogP contribution is -2.55. The summed E-state index contributed by atoms with van der Waals surface area (Å²) in [4.78, 5) is 30.6. The molecule has 7 nitrogen and oxygen atoms in total. The van der Waals surface area contributed by atoms with Gasteiger partial charge in [0.1, 0.15) is 12.6 Å². The Morgan fingerprint density at radius 1 is 0.854 bits per heavy atom. The van der Waals surface area contributed by atoms with E-state index in [1.54, 1.807) is 48.5 Å². The fourth-order valence-electron chi connectivity index (χ4n) is 6.17. The zero-order chi connectivity index (χ0) is 34.3. The number of carbonyl (C=O) groups is 2. The molecule has 0 aliphatic heterocycles. The predicted molar refractivity (Wildman–Crippen MR) is 193 cm³/mol. The average Bonchev–Trinajstić information content (AvgIpc) is 3.08. The lowest BCUT2D eigenvalue weighted by Gasteiger charge is -2.35. The number of hydrogen-bond donors (Lipinski definition) is 1. The van der Waals surface area contributed by atoms with Gasteiger partial charge in [-0.25, -0.2) is 8.42 Å². The van der Waals surface area contributed by atoms with Gasteiger partial charge < -0.3 is 10.2 Å². The van der Waals surface area contributed by atoms with Crippen molar-refractivity contribution in [1.82, 2.24) is 10.2 Å². The summed E-state index contributed by atoms with van der Waals surface area (Å²) in [7, 11) is -4.19. The first kappa shape index (κ1) is 35.5. The van der Waals surface area contributed by atoms with Gasteiger partial charge in [-0.15, -0.1) is 0 Å². The highest BCUT2D eigenvalue weighted by atomic mass is 35.5. The SMILES string of the molecule is Cc1cccc(N(CC(=O)N(Cc2ccc(Cl)cc2Cl)[C@H](Cc2ccccc2)C(=O)NC2CCCCC2)S(=O)(=O)c2ccccc2)c1C. The van der Waals surface area contributed by atoms with Crippen molar-refractivity contribution >= 4 is 50.7 Å². The van der Waals surface area contributed by atoms with Gasteiger partial charge in [0, 0.05) is 29.1 Å². The maximum absolute atomic E-state index is 14.8. The number of amides is 2. The third-order valence-electron chi connectivity index (χ3n) is 9.03. The van der Waals surface area contributed by atoms with E-state index in [0.29, 0.717) is 21.3 Å². The van der Waals surface area contributed by atoms with Crippen molar-refractivity contribution in [1.29, 1.82) is 0 Å². The van der Waals surface area contributed by atoms with Crippen molar-refractivity contribution < 1.29 is 18.0 Å². The van der Waals surface area contributed by atoms with E-state index in [1.165, 1.54) is 17.0 Å². The molecule has 48 heavy (non-hydrogen) atoms. The molecule has 1 saturated carbocycles. The molecule has 0 unspecified atom stereocenters. The second-order valence-electron chi connectivity index (χ2n) is 12.4. The summed E-state index contributed by atoms with van der Waals surface area (Å²) in [5.74, 6) is -0.824. The Morgan fingerprint density at radius 3 is 2.19 bits per heavy atom. The molecule has 0 spiro atoms. The zero-order valence-electron chi connectivity index (χ0n) is 27.2. The Labute approximate surface area is 293 Å². The van der Waals surface area contributed by atoms with Gasteiger partial charge in [-0.2, -0.15) is 0 Å². The summed E-state index contributed by atoms with van der Waals surface area (Å²) in [6.45, 7) is 3.17. The molecular formula is C38H41Cl2N3O4S. The number of sulfonamides is 1. The molecule has 1 atom stereocenters. The number of carbonyl (C=O) groups excluding carboxylic acids is 2. The summed E-state index contributed by atoms with van der Waals surface area (Å²) >= 11 is 12.9. The maximum Gasteiger partial charge on any atom is 0.264 e. The molecule has 0 aromatic heterocycles. The molecule has 4 aromatic carbocycles. The van der Waals surface area contributed by atoms with Crippen LogP contribution in [-0.4, -0.2) is 43.8 Å². The van der Waals surface area contributed by atoms with E-state index in [-0.39, 0.29) is 29.8 Å². The van der Waals surface area contributed by atoms with Gasteiger partial charge in [-0.05, 0) is 79.3 Å². The normalized spacial score (nSPS) is 14.2. The first-order valence-electron chi connectivity index (χ1n) is 16.3. The highest BCUT2D eigenvalue weighted by Crippen LogP contribution is 2.30. The van der Waals surface area contributed by atoms with Crippen LogP contribution < -0.4 is 9.62 Å². The lowest BCUT2D eigenvalue weighted by molar-refractivity contribution is -0.140. The summed E-state index contributed by atoms with van der Waals surface area (Å²) in [6, 6.07) is 27.0. The topological polar surface area (TPSA) is 86.8 Å². The van der Waals surface area contributed by atoms with E-state index >= 15 is 0 Å². The zero-order valence-corrected chi connectivity index (χ0v) is 29.6. The Hall–Kier alpha value is -3.85. The molecule has 1 aliphatic carbocycles. The molecule has 10 heteroatoms. The molecule has 0 heterocycles. The minimum atomic E-state index is -4.19. The van der Waals surface area contributed by atoms with Crippen LogP contribution in [-0.2, 0) is 32.6 Å². The number of benzene rings is 4.